The van der Waals surface area contributed by atoms with E-state index in [2.05, 4.69) is 10.2 Å². The molecule has 1 fully saturated rings. The van der Waals surface area contributed by atoms with Crippen molar-refractivity contribution in [1.82, 2.24) is 10.2 Å². The Balaban J connectivity index is 1.76. The molecule has 1 aliphatic heterocycles. The van der Waals surface area contributed by atoms with Gasteiger partial charge in [0.25, 0.3) is 0 Å². The van der Waals surface area contributed by atoms with Crippen LogP contribution in [0.5, 0.6) is 0 Å². The number of hydrogen-bond acceptors (Lipinski definition) is 5. The number of methoxy groups -OCH3 is 1. The molecule has 3 rings (SSSR count). The Morgan fingerprint density at radius 1 is 1.25 bits per heavy atom. The van der Waals surface area contributed by atoms with E-state index < -0.39 is 0 Å². The van der Waals surface area contributed by atoms with Gasteiger partial charge in [-0.3, -0.25) is 9.69 Å². The number of nitrogens with one attached hydrogen (secondary N) is 1. The molecule has 2 aromatic rings. The Labute approximate surface area is 140 Å². The van der Waals surface area contributed by atoms with E-state index in [4.69, 9.17) is 9.15 Å². The van der Waals surface area contributed by atoms with Gasteiger partial charge in [-0.15, -0.1) is 0 Å². The number of hydrogen-bond donors (Lipinski definition) is 1. The number of ether oxygens (including phenoxy) is 1. The van der Waals surface area contributed by atoms with E-state index in [-0.39, 0.29) is 11.9 Å². The van der Waals surface area contributed by atoms with Crippen LogP contribution in [0.1, 0.15) is 22.5 Å². The summed E-state index contributed by atoms with van der Waals surface area (Å²) < 4.78 is 10.7. The van der Waals surface area contributed by atoms with Crippen LogP contribution in [0.2, 0.25) is 0 Å². The first-order chi connectivity index (χ1) is 11.7. The Morgan fingerprint density at radius 3 is 2.92 bits per heavy atom. The molecule has 1 aliphatic rings. The van der Waals surface area contributed by atoms with Crippen molar-refractivity contribution in [3.05, 3.63) is 47.7 Å². The van der Waals surface area contributed by atoms with E-state index in [9.17, 15) is 9.59 Å². The zero-order chi connectivity index (χ0) is 16.9. The molecule has 0 radical (unpaired) electrons. The Kier molecular flexibility index (Phi) is 4.96. The van der Waals surface area contributed by atoms with E-state index in [0.29, 0.717) is 42.9 Å². The lowest BCUT2D eigenvalue weighted by molar-refractivity contribution is -0.120. The molecule has 1 saturated heterocycles. The summed E-state index contributed by atoms with van der Waals surface area (Å²) in [5.74, 6) is 1.14. The third-order valence-electron chi connectivity index (χ3n) is 4.04. The third kappa shape index (κ3) is 3.65. The molecule has 24 heavy (non-hydrogen) atoms. The van der Waals surface area contributed by atoms with Crippen LogP contribution in [0.25, 0.3) is 11.3 Å². The lowest BCUT2D eigenvalue weighted by atomic mass is 10.1. The molecule has 1 aromatic carbocycles. The maximum atomic E-state index is 11.9. The first-order valence-electron chi connectivity index (χ1n) is 7.93. The molecule has 0 spiro atoms. The lowest BCUT2D eigenvalue weighted by Crippen LogP contribution is -2.28. The molecule has 0 saturated carbocycles. The summed E-state index contributed by atoms with van der Waals surface area (Å²) in [6.07, 6.45) is 0.499. The molecule has 0 bridgehead atoms. The van der Waals surface area contributed by atoms with Gasteiger partial charge in [-0.05, 0) is 18.2 Å². The minimum absolute atomic E-state index is 0.0876. The number of rotatable bonds is 4. The van der Waals surface area contributed by atoms with E-state index >= 15 is 0 Å². The highest BCUT2D eigenvalue weighted by atomic mass is 16.5. The minimum atomic E-state index is -0.388. The summed E-state index contributed by atoms with van der Waals surface area (Å²) in [5.41, 5.74) is 1.19. The maximum Gasteiger partial charge on any atom is 0.338 e. The Morgan fingerprint density at radius 2 is 2.08 bits per heavy atom. The average molecular weight is 328 g/mol. The van der Waals surface area contributed by atoms with Crippen LogP contribution < -0.4 is 5.32 Å². The number of benzene rings is 1. The van der Waals surface area contributed by atoms with Gasteiger partial charge in [0.15, 0.2) is 0 Å². The molecule has 1 N–H and O–H groups in total. The zero-order valence-electron chi connectivity index (χ0n) is 13.6. The van der Waals surface area contributed by atoms with Gasteiger partial charge in [0.2, 0.25) is 5.91 Å². The van der Waals surface area contributed by atoms with Gasteiger partial charge in [0, 0.05) is 31.6 Å². The number of carbonyl (C=O) groups is 2. The standard InChI is InChI=1S/C18H20N2O4/c1-23-18(22)15-5-3-2-4-14(15)16-7-6-13(24-16)12-20-10-8-17(21)19-9-11-20/h2-7H,8-12H2,1H3,(H,19,21). The van der Waals surface area contributed by atoms with Gasteiger partial charge in [-0.25, -0.2) is 4.79 Å². The fourth-order valence-electron chi connectivity index (χ4n) is 2.79. The van der Waals surface area contributed by atoms with Crippen LogP contribution in [0.15, 0.2) is 40.8 Å². The molecule has 126 valence electrons. The molecule has 0 unspecified atom stereocenters. The Hall–Kier alpha value is -2.60. The van der Waals surface area contributed by atoms with Crippen molar-refractivity contribution in [3.8, 4) is 11.3 Å². The molecule has 1 amide bonds. The summed E-state index contributed by atoms with van der Waals surface area (Å²) in [6, 6.07) is 11.0. The number of esters is 1. The average Bonchev–Trinajstić information content (AvgIpc) is 2.97. The maximum absolute atomic E-state index is 11.9. The van der Waals surface area contributed by atoms with Gasteiger partial charge in [0.1, 0.15) is 11.5 Å². The predicted molar refractivity (Wildman–Crippen MR) is 88.4 cm³/mol. The van der Waals surface area contributed by atoms with Crippen LogP contribution in [-0.2, 0) is 16.1 Å². The predicted octanol–water partition coefficient (Wildman–Crippen LogP) is 2.06. The van der Waals surface area contributed by atoms with E-state index in [0.717, 1.165) is 12.3 Å². The summed E-state index contributed by atoms with van der Waals surface area (Å²) in [6.45, 7) is 2.79. The van der Waals surface area contributed by atoms with E-state index in [1.807, 2.05) is 24.3 Å². The molecule has 6 heteroatoms. The number of carbonyl (C=O) groups excluding carboxylic acids is 2. The van der Waals surface area contributed by atoms with E-state index in [1.54, 1.807) is 12.1 Å². The Bertz CT molecular complexity index is 738. The van der Waals surface area contributed by atoms with Gasteiger partial charge in [-0.2, -0.15) is 0 Å². The first kappa shape index (κ1) is 16.3. The SMILES string of the molecule is COC(=O)c1ccccc1-c1ccc(CN2CCNC(=O)CC2)o1. The van der Waals surface area contributed by atoms with Crippen molar-refractivity contribution in [2.75, 3.05) is 26.7 Å². The molecule has 6 nitrogen and oxygen atoms in total. The fourth-order valence-corrected chi connectivity index (χ4v) is 2.79. The second kappa shape index (κ2) is 7.31. The highest BCUT2D eigenvalue weighted by molar-refractivity contribution is 5.96. The molecule has 1 aromatic heterocycles. The molecular formula is C18H20N2O4. The molecular weight excluding hydrogens is 308 g/mol. The summed E-state index contributed by atoms with van der Waals surface area (Å²) in [7, 11) is 1.36. The van der Waals surface area contributed by atoms with Gasteiger partial charge >= 0.3 is 5.97 Å². The van der Waals surface area contributed by atoms with Crippen molar-refractivity contribution in [2.45, 2.75) is 13.0 Å². The fraction of sp³-hybridized carbons (Fsp3) is 0.333. The van der Waals surface area contributed by atoms with Crippen molar-refractivity contribution in [3.63, 3.8) is 0 Å². The molecule has 2 heterocycles. The molecule has 0 atom stereocenters. The second-order valence-corrected chi connectivity index (χ2v) is 5.68. The molecule has 0 aliphatic carbocycles. The highest BCUT2D eigenvalue weighted by Crippen LogP contribution is 2.27. The summed E-state index contributed by atoms with van der Waals surface area (Å²) >= 11 is 0. The summed E-state index contributed by atoms with van der Waals surface area (Å²) in [5, 5.41) is 2.86. The van der Waals surface area contributed by atoms with Crippen molar-refractivity contribution in [1.29, 1.82) is 0 Å². The quantitative estimate of drug-likeness (QED) is 0.870. The van der Waals surface area contributed by atoms with Gasteiger partial charge < -0.3 is 14.5 Å². The first-order valence-corrected chi connectivity index (χ1v) is 7.93. The van der Waals surface area contributed by atoms with Crippen molar-refractivity contribution >= 4 is 11.9 Å². The normalized spacial score (nSPS) is 15.6. The summed E-state index contributed by atoms with van der Waals surface area (Å²) in [4.78, 5) is 25.5. The van der Waals surface area contributed by atoms with Crippen LogP contribution in [0.4, 0.5) is 0 Å². The largest absolute Gasteiger partial charge is 0.465 e. The van der Waals surface area contributed by atoms with Crippen LogP contribution in [0.3, 0.4) is 0 Å². The topological polar surface area (TPSA) is 71.8 Å². The smallest absolute Gasteiger partial charge is 0.338 e. The number of nitrogens with zero attached hydrogens (tertiary/aromatic N) is 1. The van der Waals surface area contributed by atoms with Gasteiger partial charge in [0.05, 0.1) is 19.2 Å². The second-order valence-electron chi connectivity index (χ2n) is 5.68. The van der Waals surface area contributed by atoms with Crippen molar-refractivity contribution < 1.29 is 18.7 Å². The number of amides is 1. The highest BCUT2D eigenvalue weighted by Gasteiger charge is 2.18. The van der Waals surface area contributed by atoms with E-state index in [1.165, 1.54) is 7.11 Å². The third-order valence-corrected chi connectivity index (χ3v) is 4.04. The number of furan rings is 1. The lowest BCUT2D eigenvalue weighted by Gasteiger charge is -2.17. The zero-order valence-corrected chi connectivity index (χ0v) is 13.6. The van der Waals surface area contributed by atoms with Crippen LogP contribution >= 0.6 is 0 Å². The van der Waals surface area contributed by atoms with Crippen LogP contribution in [0, 0.1) is 0 Å². The monoisotopic (exact) mass is 328 g/mol. The van der Waals surface area contributed by atoms with Crippen molar-refractivity contribution in [2.24, 2.45) is 0 Å². The van der Waals surface area contributed by atoms with Gasteiger partial charge in [-0.1, -0.05) is 18.2 Å². The van der Waals surface area contributed by atoms with Crippen LogP contribution in [-0.4, -0.2) is 43.5 Å². The minimum Gasteiger partial charge on any atom is -0.465 e.